The minimum Gasteiger partial charge on any atom is -0.453 e. The second kappa shape index (κ2) is 8.55. The van der Waals surface area contributed by atoms with Crippen LogP contribution in [0.3, 0.4) is 0 Å². The van der Waals surface area contributed by atoms with Gasteiger partial charge >= 0.3 is 0 Å². The molecule has 194 valence electrons. The molecule has 0 saturated carbocycles. The number of para-hydroxylation sites is 8. The molecule has 2 aliphatic heterocycles. The van der Waals surface area contributed by atoms with Crippen molar-refractivity contribution in [3.63, 3.8) is 0 Å². The minimum atomic E-state index is 0.810. The van der Waals surface area contributed by atoms with Gasteiger partial charge in [0.1, 0.15) is 11.6 Å². The van der Waals surface area contributed by atoms with Crippen molar-refractivity contribution < 1.29 is 9.47 Å². The first kappa shape index (κ1) is 22.4. The van der Waals surface area contributed by atoms with Crippen LogP contribution in [-0.2, 0) is 0 Å². The van der Waals surface area contributed by atoms with E-state index in [2.05, 4.69) is 46.2 Å². The summed E-state index contributed by atoms with van der Waals surface area (Å²) in [4.78, 5) is 14.2. The minimum absolute atomic E-state index is 0.810. The molecule has 41 heavy (non-hydrogen) atoms. The monoisotopic (exact) mass is 548 g/mol. The van der Waals surface area contributed by atoms with E-state index in [9.17, 15) is 0 Å². The van der Waals surface area contributed by atoms with Gasteiger partial charge in [-0.15, -0.1) is 11.3 Å². The smallest absolute Gasteiger partial charge is 0.151 e. The lowest BCUT2D eigenvalue weighted by molar-refractivity contribution is 0.476. The molecule has 0 saturated heterocycles. The van der Waals surface area contributed by atoms with Crippen LogP contribution in [0.25, 0.3) is 20.2 Å². The first-order valence-electron chi connectivity index (χ1n) is 13.3. The Bertz CT molecular complexity index is 1920. The van der Waals surface area contributed by atoms with Gasteiger partial charge in [0.15, 0.2) is 23.0 Å². The summed E-state index contributed by atoms with van der Waals surface area (Å²) in [5.74, 6) is 4.93. The van der Waals surface area contributed by atoms with Crippen molar-refractivity contribution in [2.24, 2.45) is 0 Å². The SMILES string of the molecule is c1ccc2c(c1)Oc1ccccc1N2c1cc2sc3cc(N4c5ccccc5Oc5ccccc54)ncc3c2cn1. The lowest BCUT2D eigenvalue weighted by atomic mass is 10.1. The second-order valence-electron chi connectivity index (χ2n) is 9.93. The number of pyridine rings is 2. The highest BCUT2D eigenvalue weighted by atomic mass is 32.1. The van der Waals surface area contributed by atoms with E-state index < -0.39 is 0 Å². The number of aromatic nitrogens is 2. The normalized spacial score (nSPS) is 13.2. The van der Waals surface area contributed by atoms with Crippen LogP contribution in [0.1, 0.15) is 0 Å². The molecule has 0 fully saturated rings. The maximum atomic E-state index is 6.20. The largest absolute Gasteiger partial charge is 0.453 e. The van der Waals surface area contributed by atoms with E-state index in [1.807, 2.05) is 85.2 Å². The summed E-state index contributed by atoms with van der Waals surface area (Å²) < 4.78 is 14.7. The van der Waals surface area contributed by atoms with E-state index in [0.29, 0.717) is 0 Å². The van der Waals surface area contributed by atoms with Crippen LogP contribution in [0.2, 0.25) is 0 Å². The molecule has 0 radical (unpaired) electrons. The molecule has 0 atom stereocenters. The summed E-state index contributed by atoms with van der Waals surface area (Å²) in [5.41, 5.74) is 3.86. The Morgan fingerprint density at radius 3 is 1.17 bits per heavy atom. The van der Waals surface area contributed by atoms with Gasteiger partial charge in [0.2, 0.25) is 0 Å². The predicted molar refractivity (Wildman–Crippen MR) is 164 cm³/mol. The van der Waals surface area contributed by atoms with Crippen molar-refractivity contribution in [1.29, 1.82) is 0 Å². The number of hydrogen-bond acceptors (Lipinski definition) is 7. The molecule has 6 nitrogen and oxygen atoms in total. The molecule has 9 rings (SSSR count). The maximum absolute atomic E-state index is 6.20. The summed E-state index contributed by atoms with van der Waals surface area (Å²) in [6.45, 7) is 0. The average molecular weight is 549 g/mol. The number of thiophene rings is 1. The van der Waals surface area contributed by atoms with Gasteiger partial charge in [-0.2, -0.15) is 0 Å². The highest BCUT2D eigenvalue weighted by Gasteiger charge is 2.28. The average Bonchev–Trinajstić information content (AvgIpc) is 3.39. The van der Waals surface area contributed by atoms with Crippen LogP contribution in [0.15, 0.2) is 122 Å². The first-order valence-corrected chi connectivity index (χ1v) is 14.1. The Hall–Kier alpha value is -5.40. The zero-order chi connectivity index (χ0) is 26.9. The third-order valence-electron chi connectivity index (χ3n) is 7.54. The number of anilines is 6. The van der Waals surface area contributed by atoms with Gasteiger partial charge in [-0.3, -0.25) is 9.80 Å². The van der Waals surface area contributed by atoms with Crippen LogP contribution < -0.4 is 19.3 Å². The quantitative estimate of drug-likeness (QED) is 0.214. The van der Waals surface area contributed by atoms with Crippen molar-refractivity contribution in [2.45, 2.75) is 0 Å². The van der Waals surface area contributed by atoms with Crippen molar-refractivity contribution in [3.05, 3.63) is 122 Å². The Morgan fingerprint density at radius 1 is 0.463 bits per heavy atom. The highest BCUT2D eigenvalue weighted by molar-refractivity contribution is 7.25. The number of benzene rings is 4. The lowest BCUT2D eigenvalue weighted by Gasteiger charge is -2.31. The van der Waals surface area contributed by atoms with Crippen molar-refractivity contribution >= 4 is 65.9 Å². The van der Waals surface area contributed by atoms with Gasteiger partial charge in [-0.1, -0.05) is 48.5 Å². The molecule has 0 unspecified atom stereocenters. The van der Waals surface area contributed by atoms with E-state index in [-0.39, 0.29) is 0 Å². The predicted octanol–water partition coefficient (Wildman–Crippen LogP) is 10.00. The van der Waals surface area contributed by atoms with Gasteiger partial charge < -0.3 is 9.47 Å². The molecule has 4 aromatic carbocycles. The molecule has 0 spiro atoms. The highest BCUT2D eigenvalue weighted by Crippen LogP contribution is 2.52. The van der Waals surface area contributed by atoms with E-state index >= 15 is 0 Å². The molecule has 3 aromatic heterocycles. The van der Waals surface area contributed by atoms with E-state index in [0.717, 1.165) is 77.6 Å². The fourth-order valence-electron chi connectivity index (χ4n) is 5.69. The standard InChI is InChI=1S/C34H20N4O2S/c1-5-13-27-23(9-1)37(24-10-2-6-14-28(24)39-27)33-17-31-21(19-35-33)22-20-36-34(18-32(22)41-31)38-25-11-3-7-15-29(25)40-30-16-8-4-12-26(30)38/h1-20H. The first-order chi connectivity index (χ1) is 20.3. The van der Waals surface area contributed by atoms with E-state index in [1.54, 1.807) is 11.3 Å². The summed E-state index contributed by atoms with van der Waals surface area (Å²) in [6.07, 6.45) is 3.93. The number of ether oxygens (including phenoxy) is 2. The molecule has 0 N–H and O–H groups in total. The molecule has 0 bridgehead atoms. The van der Waals surface area contributed by atoms with Gasteiger partial charge in [-0.05, 0) is 60.7 Å². The summed E-state index contributed by atoms with van der Waals surface area (Å²) >= 11 is 1.75. The molecule has 5 heterocycles. The fraction of sp³-hybridized carbons (Fsp3) is 0. The Balaban J connectivity index is 1.19. The number of nitrogens with zero attached hydrogens (tertiary/aromatic N) is 4. The van der Waals surface area contributed by atoms with Crippen LogP contribution in [-0.4, -0.2) is 9.97 Å². The molecule has 7 aromatic rings. The molecular formula is C34H20N4O2S. The van der Waals surface area contributed by atoms with Crippen molar-refractivity contribution in [3.8, 4) is 23.0 Å². The molecule has 7 heteroatoms. The second-order valence-corrected chi connectivity index (χ2v) is 11.0. The maximum Gasteiger partial charge on any atom is 0.151 e. The molecular weight excluding hydrogens is 528 g/mol. The lowest BCUT2D eigenvalue weighted by Crippen LogP contribution is -2.16. The van der Waals surface area contributed by atoms with Gasteiger partial charge in [0.25, 0.3) is 0 Å². The Labute approximate surface area is 239 Å². The molecule has 0 aliphatic carbocycles. The van der Waals surface area contributed by atoms with Gasteiger partial charge in [-0.25, -0.2) is 9.97 Å². The number of hydrogen-bond donors (Lipinski definition) is 0. The number of rotatable bonds is 2. The zero-order valence-corrected chi connectivity index (χ0v) is 22.4. The summed E-state index contributed by atoms with van der Waals surface area (Å²) in [7, 11) is 0. The topological polar surface area (TPSA) is 50.7 Å². The molecule has 0 amide bonds. The summed E-state index contributed by atoms with van der Waals surface area (Å²) in [5, 5.41) is 2.18. The van der Waals surface area contributed by atoms with E-state index in [4.69, 9.17) is 19.4 Å². The zero-order valence-electron chi connectivity index (χ0n) is 21.6. The Kier molecular flexibility index (Phi) is 4.67. The van der Waals surface area contributed by atoms with Crippen LogP contribution in [0.4, 0.5) is 34.4 Å². The van der Waals surface area contributed by atoms with E-state index in [1.165, 1.54) is 0 Å². The Morgan fingerprint density at radius 2 is 0.805 bits per heavy atom. The molecule has 2 aliphatic rings. The van der Waals surface area contributed by atoms with Crippen molar-refractivity contribution in [2.75, 3.05) is 9.80 Å². The fourth-order valence-corrected chi connectivity index (χ4v) is 6.80. The van der Waals surface area contributed by atoms with Crippen LogP contribution in [0.5, 0.6) is 23.0 Å². The van der Waals surface area contributed by atoms with Gasteiger partial charge in [0.05, 0.1) is 22.7 Å². The number of fused-ring (bicyclic) bond motifs is 7. The van der Waals surface area contributed by atoms with Crippen LogP contribution >= 0.6 is 11.3 Å². The van der Waals surface area contributed by atoms with Gasteiger partial charge in [0, 0.05) is 32.6 Å². The third kappa shape index (κ3) is 3.36. The summed E-state index contributed by atoms with van der Waals surface area (Å²) in [6, 6.07) is 36.6. The van der Waals surface area contributed by atoms with Crippen LogP contribution in [0, 0.1) is 0 Å². The third-order valence-corrected chi connectivity index (χ3v) is 8.65. The van der Waals surface area contributed by atoms with Crippen molar-refractivity contribution in [1.82, 2.24) is 9.97 Å².